The summed E-state index contributed by atoms with van der Waals surface area (Å²) in [7, 11) is 0. The van der Waals surface area contributed by atoms with E-state index in [0.29, 0.717) is 5.56 Å². The molecule has 0 spiro atoms. The maximum atomic E-state index is 10.4. The number of nitrogens with zero attached hydrogens (tertiary/aromatic N) is 1. The average molecular weight is 185 g/mol. The summed E-state index contributed by atoms with van der Waals surface area (Å²) >= 11 is 0. The summed E-state index contributed by atoms with van der Waals surface area (Å²) in [6, 6.07) is 7.20. The van der Waals surface area contributed by atoms with Crippen LogP contribution in [0.4, 0.5) is 0 Å². The van der Waals surface area contributed by atoms with Gasteiger partial charge >= 0.3 is 0 Å². The molecule has 14 heavy (non-hydrogen) atoms. The van der Waals surface area contributed by atoms with E-state index in [1.807, 2.05) is 12.1 Å². The zero-order chi connectivity index (χ0) is 10.2. The Morgan fingerprint density at radius 3 is 2.36 bits per heavy atom. The van der Waals surface area contributed by atoms with Gasteiger partial charge in [-0.1, -0.05) is 36.9 Å². The molecule has 0 radical (unpaired) electrons. The van der Waals surface area contributed by atoms with Gasteiger partial charge in [0.15, 0.2) is 0 Å². The third kappa shape index (κ3) is 3.19. The van der Waals surface area contributed by atoms with Gasteiger partial charge in [-0.3, -0.25) is 9.79 Å². The van der Waals surface area contributed by atoms with Crippen molar-refractivity contribution in [1.82, 2.24) is 0 Å². The number of aldehydes is 1. The van der Waals surface area contributed by atoms with Crippen LogP contribution < -0.4 is 0 Å². The highest BCUT2D eigenvalue weighted by atomic mass is 16.1. The van der Waals surface area contributed by atoms with Crippen molar-refractivity contribution < 1.29 is 4.79 Å². The highest BCUT2D eigenvalue weighted by Gasteiger charge is 1.88. The molecule has 70 valence electrons. The molecule has 0 aliphatic carbocycles. The van der Waals surface area contributed by atoms with Gasteiger partial charge in [-0.15, -0.1) is 0 Å². The van der Waals surface area contributed by atoms with Crippen molar-refractivity contribution in [1.29, 1.82) is 0 Å². The van der Waals surface area contributed by atoms with E-state index in [1.165, 1.54) is 0 Å². The van der Waals surface area contributed by atoms with Crippen LogP contribution in [0, 0.1) is 0 Å². The maximum Gasteiger partial charge on any atom is 0.150 e. The Bertz CT molecular complexity index is 360. The van der Waals surface area contributed by atoms with E-state index in [4.69, 9.17) is 0 Å². The largest absolute Gasteiger partial charge is 0.298 e. The van der Waals surface area contributed by atoms with E-state index in [1.54, 1.807) is 36.7 Å². The Hall–Kier alpha value is -1.96. The summed E-state index contributed by atoms with van der Waals surface area (Å²) in [5, 5.41) is 0. The molecule has 0 amide bonds. The Labute approximate surface area is 83.3 Å². The molecule has 2 heteroatoms. The predicted molar refractivity (Wildman–Crippen MR) is 58.8 cm³/mol. The van der Waals surface area contributed by atoms with Crippen LogP contribution >= 0.6 is 0 Å². The number of allylic oxidation sites excluding steroid dienone is 2. The molecule has 0 saturated heterocycles. The van der Waals surface area contributed by atoms with Crippen molar-refractivity contribution in [3.63, 3.8) is 0 Å². The fraction of sp³-hybridized carbons (Fsp3) is 0. The van der Waals surface area contributed by atoms with Crippen molar-refractivity contribution in [2.45, 2.75) is 0 Å². The van der Waals surface area contributed by atoms with Crippen molar-refractivity contribution in [2.24, 2.45) is 4.99 Å². The van der Waals surface area contributed by atoms with Crippen LogP contribution in [0.15, 0.2) is 54.2 Å². The number of hydrogen-bond acceptors (Lipinski definition) is 2. The molecule has 2 nitrogen and oxygen atoms in total. The molecule has 0 atom stereocenters. The summed E-state index contributed by atoms with van der Waals surface area (Å²) in [6.07, 6.45) is 7.59. The second-order valence-corrected chi connectivity index (χ2v) is 2.64. The van der Waals surface area contributed by atoms with Crippen LogP contribution in [0.5, 0.6) is 0 Å². The number of aliphatic imine (C=N–C) groups is 1. The third-order valence-electron chi connectivity index (χ3n) is 1.60. The quantitative estimate of drug-likeness (QED) is 0.403. The smallest absolute Gasteiger partial charge is 0.150 e. The molecule has 0 aliphatic heterocycles. The van der Waals surface area contributed by atoms with E-state index < -0.39 is 0 Å². The molecular formula is C12H11NO. The standard InChI is InChI=1S/C12H11NO/c1-2-3-8-13-9-11-4-6-12(10-14)7-5-11/h2-10H,1H2/b8-3-,13-9?. The lowest BCUT2D eigenvalue weighted by atomic mass is 10.2. The van der Waals surface area contributed by atoms with Crippen LogP contribution in [0.25, 0.3) is 0 Å². The van der Waals surface area contributed by atoms with Crippen LogP contribution in [0.3, 0.4) is 0 Å². The SMILES string of the molecule is C=C/C=C\N=Cc1ccc(C=O)cc1. The zero-order valence-corrected chi connectivity index (χ0v) is 7.76. The third-order valence-corrected chi connectivity index (χ3v) is 1.60. The molecule has 1 rings (SSSR count). The highest BCUT2D eigenvalue weighted by molar-refractivity contribution is 5.82. The number of carbonyl (C=O) groups is 1. The topological polar surface area (TPSA) is 29.4 Å². The van der Waals surface area contributed by atoms with E-state index >= 15 is 0 Å². The molecular weight excluding hydrogens is 174 g/mol. The predicted octanol–water partition coefficient (Wildman–Crippen LogP) is 2.62. The normalized spacial score (nSPS) is 10.9. The van der Waals surface area contributed by atoms with Crippen LogP contribution in [0.1, 0.15) is 15.9 Å². The van der Waals surface area contributed by atoms with Gasteiger partial charge in [-0.05, 0) is 11.6 Å². The molecule has 0 bridgehead atoms. The monoisotopic (exact) mass is 185 g/mol. The van der Waals surface area contributed by atoms with Gasteiger partial charge in [-0.25, -0.2) is 0 Å². The molecule has 0 unspecified atom stereocenters. The lowest BCUT2D eigenvalue weighted by Crippen LogP contribution is -1.82. The number of hydrogen-bond donors (Lipinski definition) is 0. The van der Waals surface area contributed by atoms with Gasteiger partial charge in [0.25, 0.3) is 0 Å². The van der Waals surface area contributed by atoms with Gasteiger partial charge in [0.05, 0.1) is 0 Å². The van der Waals surface area contributed by atoms with Gasteiger partial charge in [0.2, 0.25) is 0 Å². The highest BCUT2D eigenvalue weighted by Crippen LogP contribution is 1.99. The lowest BCUT2D eigenvalue weighted by molar-refractivity contribution is 0.112. The van der Waals surface area contributed by atoms with Crippen molar-refractivity contribution in [3.8, 4) is 0 Å². The second kappa shape index (κ2) is 5.65. The fourth-order valence-corrected chi connectivity index (χ4v) is 0.900. The van der Waals surface area contributed by atoms with Gasteiger partial charge < -0.3 is 0 Å². The minimum Gasteiger partial charge on any atom is -0.298 e. The van der Waals surface area contributed by atoms with E-state index in [2.05, 4.69) is 11.6 Å². The first-order chi connectivity index (χ1) is 6.86. The lowest BCUT2D eigenvalue weighted by Gasteiger charge is -1.91. The fourth-order valence-electron chi connectivity index (χ4n) is 0.900. The summed E-state index contributed by atoms with van der Waals surface area (Å²) in [6.45, 7) is 3.53. The molecule has 0 aromatic heterocycles. The number of rotatable bonds is 4. The van der Waals surface area contributed by atoms with E-state index in [9.17, 15) is 4.79 Å². The van der Waals surface area contributed by atoms with E-state index in [-0.39, 0.29) is 0 Å². The first-order valence-electron chi connectivity index (χ1n) is 4.23. The minimum absolute atomic E-state index is 0.670. The Kier molecular flexibility index (Phi) is 4.08. The zero-order valence-electron chi connectivity index (χ0n) is 7.76. The van der Waals surface area contributed by atoms with E-state index in [0.717, 1.165) is 11.8 Å². The minimum atomic E-state index is 0.670. The molecule has 0 heterocycles. The van der Waals surface area contributed by atoms with Gasteiger partial charge in [0.1, 0.15) is 6.29 Å². The Morgan fingerprint density at radius 1 is 1.14 bits per heavy atom. The molecule has 1 aromatic rings. The molecule has 0 fully saturated rings. The van der Waals surface area contributed by atoms with Crippen molar-refractivity contribution >= 4 is 12.5 Å². The first kappa shape index (κ1) is 10.1. The Balaban J connectivity index is 2.68. The molecule has 1 aromatic carbocycles. The average Bonchev–Trinajstić information content (AvgIpc) is 2.25. The summed E-state index contributed by atoms with van der Waals surface area (Å²) < 4.78 is 0. The summed E-state index contributed by atoms with van der Waals surface area (Å²) in [5.74, 6) is 0. The molecule has 0 N–H and O–H groups in total. The maximum absolute atomic E-state index is 10.4. The number of carbonyl (C=O) groups excluding carboxylic acids is 1. The van der Waals surface area contributed by atoms with Crippen LogP contribution in [-0.2, 0) is 0 Å². The van der Waals surface area contributed by atoms with Crippen LogP contribution in [0.2, 0.25) is 0 Å². The summed E-state index contributed by atoms with van der Waals surface area (Å²) in [5.41, 5.74) is 1.63. The number of benzene rings is 1. The second-order valence-electron chi connectivity index (χ2n) is 2.64. The first-order valence-corrected chi connectivity index (χ1v) is 4.23. The van der Waals surface area contributed by atoms with Crippen LogP contribution in [-0.4, -0.2) is 12.5 Å². The Morgan fingerprint density at radius 2 is 1.79 bits per heavy atom. The van der Waals surface area contributed by atoms with Crippen molar-refractivity contribution in [3.05, 3.63) is 60.3 Å². The van der Waals surface area contributed by atoms with Crippen molar-refractivity contribution in [2.75, 3.05) is 0 Å². The van der Waals surface area contributed by atoms with Gasteiger partial charge in [-0.2, -0.15) is 0 Å². The molecule has 0 saturated carbocycles. The van der Waals surface area contributed by atoms with Gasteiger partial charge in [0, 0.05) is 18.0 Å². The molecule has 0 aliphatic rings. The summed E-state index contributed by atoms with van der Waals surface area (Å²) in [4.78, 5) is 14.4.